The van der Waals surface area contributed by atoms with Gasteiger partial charge in [-0.25, -0.2) is 4.39 Å². The molecule has 0 aromatic heterocycles. The SMILES string of the molecule is CNC1CC(c2ccc(F)cc2Br)Oc2ccccc21. The molecule has 2 nitrogen and oxygen atoms in total. The molecule has 1 aliphatic heterocycles. The van der Waals surface area contributed by atoms with Crippen molar-refractivity contribution in [2.24, 2.45) is 0 Å². The zero-order chi connectivity index (χ0) is 14.1. The third kappa shape index (κ3) is 2.45. The molecule has 0 bridgehead atoms. The Balaban J connectivity index is 1.97. The van der Waals surface area contributed by atoms with Crippen LogP contribution in [0.1, 0.15) is 29.7 Å². The van der Waals surface area contributed by atoms with E-state index in [9.17, 15) is 4.39 Å². The van der Waals surface area contributed by atoms with Crippen molar-refractivity contribution in [2.45, 2.75) is 18.6 Å². The van der Waals surface area contributed by atoms with Crippen LogP contribution >= 0.6 is 15.9 Å². The quantitative estimate of drug-likeness (QED) is 0.879. The molecule has 2 unspecified atom stereocenters. The van der Waals surface area contributed by atoms with Gasteiger partial charge < -0.3 is 10.1 Å². The van der Waals surface area contributed by atoms with E-state index in [4.69, 9.17) is 4.74 Å². The summed E-state index contributed by atoms with van der Waals surface area (Å²) in [6, 6.07) is 13.0. The number of rotatable bonds is 2. The summed E-state index contributed by atoms with van der Waals surface area (Å²) >= 11 is 3.42. The van der Waals surface area contributed by atoms with Crippen molar-refractivity contribution in [3.05, 3.63) is 63.9 Å². The van der Waals surface area contributed by atoms with Gasteiger partial charge in [0, 0.05) is 28.1 Å². The van der Waals surface area contributed by atoms with E-state index in [-0.39, 0.29) is 18.0 Å². The highest BCUT2D eigenvalue weighted by atomic mass is 79.9. The number of para-hydroxylation sites is 1. The van der Waals surface area contributed by atoms with Crippen molar-refractivity contribution < 1.29 is 9.13 Å². The largest absolute Gasteiger partial charge is 0.485 e. The molecular formula is C16H15BrFNO. The molecule has 2 aromatic rings. The van der Waals surface area contributed by atoms with E-state index in [0.717, 1.165) is 22.2 Å². The summed E-state index contributed by atoms with van der Waals surface area (Å²) in [7, 11) is 1.95. The fraction of sp³-hybridized carbons (Fsp3) is 0.250. The maximum atomic E-state index is 13.2. The van der Waals surface area contributed by atoms with Crippen LogP contribution in [0.2, 0.25) is 0 Å². The molecule has 0 spiro atoms. The van der Waals surface area contributed by atoms with Gasteiger partial charge >= 0.3 is 0 Å². The Kier molecular flexibility index (Phi) is 3.76. The van der Waals surface area contributed by atoms with Gasteiger partial charge in [0.25, 0.3) is 0 Å². The first-order valence-electron chi connectivity index (χ1n) is 6.57. The summed E-state index contributed by atoms with van der Waals surface area (Å²) < 4.78 is 20.0. The highest BCUT2D eigenvalue weighted by Gasteiger charge is 2.29. The molecule has 1 N–H and O–H groups in total. The van der Waals surface area contributed by atoms with Crippen LogP contribution in [-0.2, 0) is 0 Å². The van der Waals surface area contributed by atoms with Crippen LogP contribution in [-0.4, -0.2) is 7.05 Å². The lowest BCUT2D eigenvalue weighted by Crippen LogP contribution is -2.26. The van der Waals surface area contributed by atoms with Crippen LogP contribution in [0.4, 0.5) is 4.39 Å². The molecule has 1 aliphatic rings. The number of ether oxygens (including phenoxy) is 1. The van der Waals surface area contributed by atoms with Gasteiger partial charge in [0.1, 0.15) is 17.7 Å². The lowest BCUT2D eigenvalue weighted by atomic mass is 9.93. The molecule has 0 fully saturated rings. The second kappa shape index (κ2) is 5.54. The topological polar surface area (TPSA) is 21.3 Å². The molecule has 3 rings (SSSR count). The van der Waals surface area contributed by atoms with Crippen LogP contribution in [0.15, 0.2) is 46.9 Å². The van der Waals surface area contributed by atoms with Gasteiger partial charge in [-0.05, 0) is 25.2 Å². The minimum absolute atomic E-state index is 0.0858. The number of benzene rings is 2. The third-order valence-electron chi connectivity index (χ3n) is 3.67. The Bertz CT molecular complexity index is 632. The average molecular weight is 336 g/mol. The highest BCUT2D eigenvalue weighted by molar-refractivity contribution is 9.10. The Labute approximate surface area is 126 Å². The predicted molar refractivity (Wildman–Crippen MR) is 80.3 cm³/mol. The maximum absolute atomic E-state index is 13.2. The number of hydrogen-bond donors (Lipinski definition) is 1. The second-order valence-electron chi connectivity index (χ2n) is 4.89. The van der Waals surface area contributed by atoms with Gasteiger partial charge in [0.15, 0.2) is 0 Å². The molecule has 2 atom stereocenters. The lowest BCUT2D eigenvalue weighted by Gasteiger charge is -2.32. The smallest absolute Gasteiger partial charge is 0.127 e. The van der Waals surface area contributed by atoms with Gasteiger partial charge in [-0.1, -0.05) is 40.2 Å². The molecule has 0 saturated heterocycles. The molecule has 0 radical (unpaired) electrons. The molecule has 20 heavy (non-hydrogen) atoms. The third-order valence-corrected chi connectivity index (χ3v) is 4.36. The van der Waals surface area contributed by atoms with Crippen LogP contribution < -0.4 is 10.1 Å². The van der Waals surface area contributed by atoms with Crippen molar-refractivity contribution in [3.8, 4) is 5.75 Å². The standard InChI is InChI=1S/C16H15BrFNO/c1-19-14-9-16(11-7-6-10(18)8-13(11)17)20-15-5-3-2-4-12(14)15/h2-8,14,16,19H,9H2,1H3. The van der Waals surface area contributed by atoms with E-state index >= 15 is 0 Å². The molecule has 104 valence electrons. The van der Waals surface area contributed by atoms with Gasteiger partial charge in [-0.15, -0.1) is 0 Å². The summed E-state index contributed by atoms with van der Waals surface area (Å²) in [6.45, 7) is 0. The summed E-state index contributed by atoms with van der Waals surface area (Å²) in [5, 5.41) is 3.32. The Morgan fingerprint density at radius 3 is 2.75 bits per heavy atom. The first kappa shape index (κ1) is 13.6. The van der Waals surface area contributed by atoms with Gasteiger partial charge in [0.2, 0.25) is 0 Å². The van der Waals surface area contributed by atoms with E-state index in [1.165, 1.54) is 17.7 Å². The minimum Gasteiger partial charge on any atom is -0.485 e. The minimum atomic E-state index is -0.248. The van der Waals surface area contributed by atoms with Crippen LogP contribution in [0.25, 0.3) is 0 Å². The molecule has 4 heteroatoms. The average Bonchev–Trinajstić information content (AvgIpc) is 2.46. The molecule has 0 aliphatic carbocycles. The normalized spacial score (nSPS) is 21.1. The Hall–Kier alpha value is -1.39. The molecular weight excluding hydrogens is 321 g/mol. The predicted octanol–water partition coefficient (Wildman–Crippen LogP) is 4.37. The first-order valence-corrected chi connectivity index (χ1v) is 7.36. The summed E-state index contributed by atoms with van der Waals surface area (Å²) in [5.74, 6) is 0.640. The van der Waals surface area contributed by atoms with Crippen LogP contribution in [0.5, 0.6) is 5.75 Å². The summed E-state index contributed by atoms with van der Waals surface area (Å²) in [6.07, 6.45) is 0.731. The zero-order valence-electron chi connectivity index (χ0n) is 11.1. The van der Waals surface area contributed by atoms with Crippen LogP contribution in [0, 0.1) is 5.82 Å². The van der Waals surface area contributed by atoms with E-state index in [0.29, 0.717) is 0 Å². The molecule has 0 amide bonds. The second-order valence-corrected chi connectivity index (χ2v) is 5.74. The molecule has 0 saturated carbocycles. The summed E-state index contributed by atoms with van der Waals surface area (Å²) in [5.41, 5.74) is 2.14. The zero-order valence-corrected chi connectivity index (χ0v) is 12.7. The van der Waals surface area contributed by atoms with Crippen molar-refractivity contribution >= 4 is 15.9 Å². The van der Waals surface area contributed by atoms with E-state index in [1.54, 1.807) is 6.07 Å². The number of nitrogens with one attached hydrogen (secondary N) is 1. The number of fused-ring (bicyclic) bond motifs is 1. The lowest BCUT2D eigenvalue weighted by molar-refractivity contribution is 0.153. The fourth-order valence-electron chi connectivity index (χ4n) is 2.64. The highest BCUT2D eigenvalue weighted by Crippen LogP contribution is 2.42. The van der Waals surface area contributed by atoms with Crippen molar-refractivity contribution in [1.82, 2.24) is 5.32 Å². The van der Waals surface area contributed by atoms with E-state index in [1.807, 2.05) is 25.2 Å². The fourth-order valence-corrected chi connectivity index (χ4v) is 3.25. The molecule has 2 aromatic carbocycles. The van der Waals surface area contributed by atoms with Gasteiger partial charge in [-0.3, -0.25) is 0 Å². The number of hydrogen-bond acceptors (Lipinski definition) is 2. The summed E-state index contributed by atoms with van der Waals surface area (Å²) in [4.78, 5) is 0. The van der Waals surface area contributed by atoms with E-state index in [2.05, 4.69) is 27.3 Å². The van der Waals surface area contributed by atoms with Crippen molar-refractivity contribution in [3.63, 3.8) is 0 Å². The van der Waals surface area contributed by atoms with Crippen LogP contribution in [0.3, 0.4) is 0 Å². The Morgan fingerprint density at radius 1 is 1.20 bits per heavy atom. The van der Waals surface area contributed by atoms with Crippen molar-refractivity contribution in [2.75, 3.05) is 7.05 Å². The Morgan fingerprint density at radius 2 is 2.00 bits per heavy atom. The first-order chi connectivity index (χ1) is 9.69. The van der Waals surface area contributed by atoms with E-state index < -0.39 is 0 Å². The van der Waals surface area contributed by atoms with Gasteiger partial charge in [-0.2, -0.15) is 0 Å². The number of halogens is 2. The van der Waals surface area contributed by atoms with Crippen molar-refractivity contribution in [1.29, 1.82) is 0 Å². The monoisotopic (exact) mass is 335 g/mol. The van der Waals surface area contributed by atoms with Gasteiger partial charge in [0.05, 0.1) is 0 Å². The maximum Gasteiger partial charge on any atom is 0.127 e. The molecule has 1 heterocycles.